The van der Waals surface area contributed by atoms with Gasteiger partial charge in [-0.25, -0.2) is 4.39 Å². The number of ether oxygens (including phenoxy) is 1. The Balaban J connectivity index is 1.27. The van der Waals surface area contributed by atoms with Crippen LogP contribution in [-0.4, -0.2) is 52.2 Å². The molecule has 0 saturated carbocycles. The fraction of sp³-hybridized carbons (Fsp3) is 0.333. The van der Waals surface area contributed by atoms with Crippen LogP contribution in [0.15, 0.2) is 77.3 Å². The van der Waals surface area contributed by atoms with Crippen molar-refractivity contribution in [2.75, 3.05) is 13.2 Å². The molecular formula is C33H35FN4O4. The maximum absolute atomic E-state index is 14.9. The van der Waals surface area contributed by atoms with Crippen molar-refractivity contribution < 1.29 is 23.2 Å². The first kappa shape index (κ1) is 29.1. The molecule has 8 nitrogen and oxygen atoms in total. The van der Waals surface area contributed by atoms with Crippen molar-refractivity contribution in [1.82, 2.24) is 20.4 Å². The molecule has 0 spiro atoms. The lowest BCUT2D eigenvalue weighted by atomic mass is 9.89. The molecule has 4 aromatic rings. The topological polar surface area (TPSA) is 97.6 Å². The predicted molar refractivity (Wildman–Crippen MR) is 157 cm³/mol. The van der Waals surface area contributed by atoms with E-state index in [1.807, 2.05) is 68.4 Å². The van der Waals surface area contributed by atoms with Gasteiger partial charge in [0.15, 0.2) is 0 Å². The number of rotatable bonds is 9. The first-order chi connectivity index (χ1) is 20.3. The number of piperidine rings is 1. The van der Waals surface area contributed by atoms with Gasteiger partial charge < -0.3 is 14.6 Å². The van der Waals surface area contributed by atoms with E-state index in [9.17, 15) is 14.0 Å². The van der Waals surface area contributed by atoms with E-state index >= 15 is 0 Å². The van der Waals surface area contributed by atoms with Crippen LogP contribution in [0.1, 0.15) is 39.2 Å². The third-order valence-electron chi connectivity index (χ3n) is 7.40. The number of amides is 1. The van der Waals surface area contributed by atoms with Crippen LogP contribution in [0.25, 0.3) is 34.0 Å². The Labute approximate surface area is 244 Å². The Morgan fingerprint density at radius 3 is 2.48 bits per heavy atom. The quantitative estimate of drug-likeness (QED) is 0.251. The molecule has 218 valence electrons. The Kier molecular flexibility index (Phi) is 9.07. The highest BCUT2D eigenvalue weighted by atomic mass is 19.1. The molecule has 3 aromatic carbocycles. The number of nitrogens with zero attached hydrogens (tertiary/aromatic N) is 3. The molecule has 1 N–H and O–H groups in total. The lowest BCUT2D eigenvalue weighted by Crippen LogP contribution is -2.50. The Morgan fingerprint density at radius 1 is 1.05 bits per heavy atom. The number of nitrogens with one attached hydrogen (secondary N) is 1. The summed E-state index contributed by atoms with van der Waals surface area (Å²) >= 11 is 0. The molecule has 0 radical (unpaired) electrons. The van der Waals surface area contributed by atoms with Crippen LogP contribution in [0.5, 0.6) is 0 Å². The summed E-state index contributed by atoms with van der Waals surface area (Å²) < 4.78 is 25.7. The zero-order chi connectivity index (χ0) is 29.6. The first-order valence-corrected chi connectivity index (χ1v) is 14.3. The van der Waals surface area contributed by atoms with Gasteiger partial charge in [-0.1, -0.05) is 65.8 Å². The van der Waals surface area contributed by atoms with E-state index < -0.39 is 6.04 Å². The van der Waals surface area contributed by atoms with Crippen LogP contribution in [-0.2, 0) is 20.9 Å². The zero-order valence-corrected chi connectivity index (χ0v) is 24.0. The summed E-state index contributed by atoms with van der Waals surface area (Å²) in [5, 5.41) is 7.07. The van der Waals surface area contributed by atoms with Gasteiger partial charge in [-0.3, -0.25) is 14.5 Å². The molecule has 2 unspecified atom stereocenters. The summed E-state index contributed by atoms with van der Waals surface area (Å²) in [4.78, 5) is 32.0. The van der Waals surface area contributed by atoms with Crippen LogP contribution in [0.2, 0.25) is 0 Å². The minimum Gasteiger partial charge on any atom is -0.465 e. The largest absolute Gasteiger partial charge is 0.465 e. The molecule has 1 aromatic heterocycles. The van der Waals surface area contributed by atoms with Crippen molar-refractivity contribution in [3.63, 3.8) is 0 Å². The van der Waals surface area contributed by atoms with E-state index in [0.29, 0.717) is 42.9 Å². The van der Waals surface area contributed by atoms with E-state index in [1.165, 1.54) is 6.07 Å². The molecule has 0 bridgehead atoms. The van der Waals surface area contributed by atoms with Crippen molar-refractivity contribution in [3.05, 3.63) is 84.2 Å². The van der Waals surface area contributed by atoms with Gasteiger partial charge in [0.25, 0.3) is 5.89 Å². The van der Waals surface area contributed by atoms with Crippen LogP contribution in [0.3, 0.4) is 0 Å². The number of likely N-dealkylation sites (tertiary alicyclic amines) is 1. The average Bonchev–Trinajstić information content (AvgIpc) is 3.48. The standard InChI is InChI=1S/C33H35FN4O4/c1-4-41-33(40)29-19-25(31(39)35-21(2)3)16-17-38(29)20-22-10-12-24(13-11-22)30-36-32(42-37-30)26-14-15-27(28(34)18-26)23-8-6-5-7-9-23/h5-15,18,21,25,29H,4,16-17,19-20H2,1-3H3,(H,35,39). The molecular weight excluding hydrogens is 535 g/mol. The van der Waals surface area contributed by atoms with E-state index in [2.05, 4.69) is 20.4 Å². The van der Waals surface area contributed by atoms with Crippen LogP contribution >= 0.6 is 0 Å². The second kappa shape index (κ2) is 13.1. The van der Waals surface area contributed by atoms with E-state index in [4.69, 9.17) is 9.26 Å². The summed E-state index contributed by atoms with van der Waals surface area (Å²) in [6, 6.07) is 21.5. The number of carbonyl (C=O) groups excluding carboxylic acids is 2. The molecule has 42 heavy (non-hydrogen) atoms. The summed E-state index contributed by atoms with van der Waals surface area (Å²) in [5.74, 6) is -0.287. The number of halogens is 1. The van der Waals surface area contributed by atoms with Gasteiger partial charge in [-0.05, 0) is 56.9 Å². The summed E-state index contributed by atoms with van der Waals surface area (Å²) in [7, 11) is 0. The van der Waals surface area contributed by atoms with Crippen molar-refractivity contribution in [2.45, 2.75) is 52.2 Å². The number of hydrogen-bond donors (Lipinski definition) is 1. The maximum atomic E-state index is 14.9. The predicted octanol–water partition coefficient (Wildman–Crippen LogP) is 5.88. The number of esters is 1. The van der Waals surface area contributed by atoms with Gasteiger partial charge in [0.1, 0.15) is 11.9 Å². The van der Waals surface area contributed by atoms with Gasteiger partial charge in [-0.15, -0.1) is 0 Å². The van der Waals surface area contributed by atoms with Crippen LogP contribution in [0, 0.1) is 11.7 Å². The van der Waals surface area contributed by atoms with Crippen molar-refractivity contribution in [1.29, 1.82) is 0 Å². The number of benzene rings is 3. The van der Waals surface area contributed by atoms with Gasteiger partial charge in [0.05, 0.1) is 6.61 Å². The Morgan fingerprint density at radius 2 is 1.79 bits per heavy atom. The fourth-order valence-corrected chi connectivity index (χ4v) is 5.28. The van der Waals surface area contributed by atoms with Gasteiger partial charge in [0.2, 0.25) is 11.7 Å². The first-order valence-electron chi connectivity index (χ1n) is 14.3. The molecule has 1 saturated heterocycles. The second-order valence-electron chi connectivity index (χ2n) is 10.8. The lowest BCUT2D eigenvalue weighted by Gasteiger charge is -2.37. The zero-order valence-electron chi connectivity index (χ0n) is 24.0. The average molecular weight is 571 g/mol. The maximum Gasteiger partial charge on any atom is 0.323 e. The van der Waals surface area contributed by atoms with E-state index in [-0.39, 0.29) is 42.2 Å². The highest BCUT2D eigenvalue weighted by molar-refractivity contribution is 5.82. The minimum absolute atomic E-state index is 0.0161. The van der Waals surface area contributed by atoms with E-state index in [0.717, 1.165) is 16.7 Å². The molecule has 0 aliphatic carbocycles. The van der Waals surface area contributed by atoms with Crippen LogP contribution in [0.4, 0.5) is 4.39 Å². The second-order valence-corrected chi connectivity index (χ2v) is 10.8. The van der Waals surface area contributed by atoms with Gasteiger partial charge in [-0.2, -0.15) is 4.98 Å². The highest BCUT2D eigenvalue weighted by Gasteiger charge is 2.37. The fourth-order valence-electron chi connectivity index (χ4n) is 5.28. The minimum atomic E-state index is -0.491. The SMILES string of the molecule is CCOC(=O)C1CC(C(=O)NC(C)C)CCN1Cc1ccc(-c2noc(-c3ccc(-c4ccccc4)c(F)c3)n2)cc1. The van der Waals surface area contributed by atoms with E-state index in [1.54, 1.807) is 19.1 Å². The van der Waals surface area contributed by atoms with Crippen molar-refractivity contribution in [2.24, 2.45) is 5.92 Å². The number of aromatic nitrogens is 2. The lowest BCUT2D eigenvalue weighted by molar-refractivity contribution is -0.152. The number of hydrogen-bond acceptors (Lipinski definition) is 7. The normalized spacial score (nSPS) is 17.3. The Bertz CT molecular complexity index is 1520. The molecule has 1 amide bonds. The number of carbonyl (C=O) groups is 2. The van der Waals surface area contributed by atoms with Crippen molar-refractivity contribution >= 4 is 11.9 Å². The van der Waals surface area contributed by atoms with Crippen LogP contribution < -0.4 is 5.32 Å². The molecule has 1 aliphatic rings. The highest BCUT2D eigenvalue weighted by Crippen LogP contribution is 2.30. The molecule has 2 atom stereocenters. The molecule has 9 heteroatoms. The summed E-state index contributed by atoms with van der Waals surface area (Å²) in [6.07, 6.45) is 1.10. The molecule has 5 rings (SSSR count). The van der Waals surface area contributed by atoms with Crippen molar-refractivity contribution in [3.8, 4) is 34.0 Å². The van der Waals surface area contributed by atoms with Gasteiger partial charge in [0, 0.05) is 41.7 Å². The molecule has 2 heterocycles. The smallest absolute Gasteiger partial charge is 0.323 e. The third kappa shape index (κ3) is 6.74. The third-order valence-corrected chi connectivity index (χ3v) is 7.40. The monoisotopic (exact) mass is 570 g/mol. The summed E-state index contributed by atoms with van der Waals surface area (Å²) in [6.45, 7) is 7.07. The molecule has 1 fully saturated rings. The van der Waals surface area contributed by atoms with Gasteiger partial charge >= 0.3 is 5.97 Å². The molecule has 1 aliphatic heterocycles. The summed E-state index contributed by atoms with van der Waals surface area (Å²) in [5.41, 5.74) is 3.55. The Hall–Kier alpha value is -4.37.